The van der Waals surface area contributed by atoms with Crippen molar-refractivity contribution in [2.75, 3.05) is 39.3 Å². The summed E-state index contributed by atoms with van der Waals surface area (Å²) >= 11 is 0. The molecule has 2 N–H and O–H groups in total. The highest BCUT2D eigenvalue weighted by Crippen LogP contribution is 2.25. The van der Waals surface area contributed by atoms with Crippen LogP contribution in [0, 0.1) is 0 Å². The van der Waals surface area contributed by atoms with Gasteiger partial charge in [0, 0.05) is 32.7 Å². The maximum atomic E-state index is 9.57. The van der Waals surface area contributed by atoms with Crippen molar-refractivity contribution in [1.82, 2.24) is 10.2 Å². The standard InChI is InChI=1S/C28H32N2O2.ClH/c31-27-12-7-24(8-13-27)22-26(25-4-2-1-3-5-25)11-6-23-9-14-28(15-10-23)32-21-20-30-18-16-29-17-19-30;/h1-5,7-10,12-15,22,29,31H,6,11,16-21H2;1H. The molecule has 0 unspecified atom stereocenters. The van der Waals surface area contributed by atoms with Crippen LogP contribution in [0.15, 0.2) is 78.9 Å². The van der Waals surface area contributed by atoms with Crippen molar-refractivity contribution in [2.24, 2.45) is 0 Å². The number of allylic oxidation sites excluding steroid dienone is 1. The molecular weight excluding hydrogens is 432 g/mol. The Morgan fingerprint density at radius 3 is 2.30 bits per heavy atom. The number of aromatic hydroxyl groups is 1. The minimum Gasteiger partial charge on any atom is -0.508 e. The van der Waals surface area contributed by atoms with Crippen molar-refractivity contribution in [3.8, 4) is 11.5 Å². The molecule has 0 radical (unpaired) electrons. The van der Waals surface area contributed by atoms with E-state index in [1.165, 1.54) is 16.7 Å². The predicted molar refractivity (Wildman–Crippen MR) is 139 cm³/mol. The third kappa shape index (κ3) is 7.93. The molecule has 1 aliphatic heterocycles. The molecule has 33 heavy (non-hydrogen) atoms. The zero-order valence-corrected chi connectivity index (χ0v) is 19.8. The molecule has 3 aromatic rings. The highest BCUT2D eigenvalue weighted by molar-refractivity contribution is 5.85. The van der Waals surface area contributed by atoms with Gasteiger partial charge in [-0.2, -0.15) is 0 Å². The Labute approximate surface area is 203 Å². The van der Waals surface area contributed by atoms with Gasteiger partial charge < -0.3 is 15.2 Å². The van der Waals surface area contributed by atoms with Gasteiger partial charge in [0.1, 0.15) is 18.1 Å². The van der Waals surface area contributed by atoms with Gasteiger partial charge in [-0.25, -0.2) is 0 Å². The molecule has 0 atom stereocenters. The van der Waals surface area contributed by atoms with Crippen LogP contribution in [-0.2, 0) is 6.42 Å². The lowest BCUT2D eigenvalue weighted by Gasteiger charge is -2.26. The van der Waals surface area contributed by atoms with Crippen LogP contribution in [0.4, 0.5) is 0 Å². The number of phenolic OH excluding ortho intramolecular Hbond substituents is 1. The lowest BCUT2D eigenvalue weighted by molar-refractivity contribution is 0.191. The molecule has 0 aliphatic carbocycles. The maximum Gasteiger partial charge on any atom is 0.119 e. The van der Waals surface area contributed by atoms with E-state index in [0.29, 0.717) is 5.75 Å². The SMILES string of the molecule is Cl.Oc1ccc(C=C(CCc2ccc(OCCN3CCNCC3)cc2)c2ccccc2)cc1. The van der Waals surface area contributed by atoms with Crippen LogP contribution in [0.2, 0.25) is 0 Å². The van der Waals surface area contributed by atoms with Gasteiger partial charge in [0.15, 0.2) is 0 Å². The molecular formula is C28H33ClN2O2. The fourth-order valence-electron chi connectivity index (χ4n) is 3.98. The molecule has 174 valence electrons. The first-order valence-corrected chi connectivity index (χ1v) is 11.5. The van der Waals surface area contributed by atoms with Gasteiger partial charge in [0.05, 0.1) is 0 Å². The Hall–Kier alpha value is -2.79. The van der Waals surface area contributed by atoms with Gasteiger partial charge in [0.2, 0.25) is 0 Å². The van der Waals surface area contributed by atoms with E-state index in [9.17, 15) is 5.11 Å². The molecule has 1 aliphatic rings. The second kappa shape index (κ2) is 13.0. The van der Waals surface area contributed by atoms with Crippen molar-refractivity contribution < 1.29 is 9.84 Å². The zero-order chi connectivity index (χ0) is 22.0. The van der Waals surface area contributed by atoms with E-state index in [1.54, 1.807) is 12.1 Å². The molecule has 5 heteroatoms. The zero-order valence-electron chi connectivity index (χ0n) is 19.0. The Morgan fingerprint density at radius 1 is 0.909 bits per heavy atom. The van der Waals surface area contributed by atoms with E-state index >= 15 is 0 Å². The van der Waals surface area contributed by atoms with E-state index in [4.69, 9.17) is 4.74 Å². The van der Waals surface area contributed by atoms with E-state index in [-0.39, 0.29) is 12.4 Å². The maximum absolute atomic E-state index is 9.57. The van der Waals surface area contributed by atoms with Crippen molar-refractivity contribution in [2.45, 2.75) is 12.8 Å². The van der Waals surface area contributed by atoms with Gasteiger partial charge in [0.25, 0.3) is 0 Å². The lowest BCUT2D eigenvalue weighted by Crippen LogP contribution is -2.44. The summed E-state index contributed by atoms with van der Waals surface area (Å²) in [6.45, 7) is 6.05. The van der Waals surface area contributed by atoms with Gasteiger partial charge in [-0.3, -0.25) is 4.90 Å². The molecule has 0 spiro atoms. The predicted octanol–water partition coefficient (Wildman–Crippen LogP) is 5.27. The van der Waals surface area contributed by atoms with Gasteiger partial charge in [-0.15, -0.1) is 12.4 Å². The first-order valence-electron chi connectivity index (χ1n) is 11.5. The number of halogens is 1. The minimum absolute atomic E-state index is 0. The number of nitrogens with zero attached hydrogens (tertiary/aromatic N) is 1. The summed E-state index contributed by atoms with van der Waals surface area (Å²) in [5.74, 6) is 1.23. The molecule has 0 saturated carbocycles. The molecule has 0 bridgehead atoms. The first-order chi connectivity index (χ1) is 15.8. The summed E-state index contributed by atoms with van der Waals surface area (Å²) in [6, 6.07) is 26.4. The normalized spacial score (nSPS) is 14.5. The third-order valence-electron chi connectivity index (χ3n) is 5.87. The number of ether oxygens (including phenoxy) is 1. The molecule has 1 fully saturated rings. The van der Waals surface area contributed by atoms with Crippen molar-refractivity contribution in [3.05, 3.63) is 95.6 Å². The lowest BCUT2D eigenvalue weighted by atomic mass is 9.96. The van der Waals surface area contributed by atoms with Crippen LogP contribution in [0.3, 0.4) is 0 Å². The van der Waals surface area contributed by atoms with Crippen molar-refractivity contribution in [1.29, 1.82) is 0 Å². The number of hydrogen-bond acceptors (Lipinski definition) is 4. The van der Waals surface area contributed by atoms with E-state index in [0.717, 1.165) is 63.5 Å². The third-order valence-corrected chi connectivity index (χ3v) is 5.87. The molecule has 4 nitrogen and oxygen atoms in total. The Morgan fingerprint density at radius 2 is 1.61 bits per heavy atom. The molecule has 0 amide bonds. The largest absolute Gasteiger partial charge is 0.508 e. The Kier molecular flexibility index (Phi) is 9.82. The summed E-state index contributed by atoms with van der Waals surface area (Å²) in [5, 5.41) is 12.9. The Bertz CT molecular complexity index is 983. The molecule has 0 aromatic heterocycles. The number of piperazine rings is 1. The highest BCUT2D eigenvalue weighted by Gasteiger charge is 2.09. The monoisotopic (exact) mass is 464 g/mol. The van der Waals surface area contributed by atoms with Crippen LogP contribution in [0.1, 0.15) is 23.1 Å². The summed E-state index contributed by atoms with van der Waals surface area (Å²) < 4.78 is 5.95. The summed E-state index contributed by atoms with van der Waals surface area (Å²) in [5.41, 5.74) is 4.91. The second-order valence-electron chi connectivity index (χ2n) is 8.21. The molecule has 1 saturated heterocycles. The smallest absolute Gasteiger partial charge is 0.119 e. The van der Waals surface area contributed by atoms with Crippen molar-refractivity contribution in [3.63, 3.8) is 0 Å². The van der Waals surface area contributed by atoms with Gasteiger partial charge in [-0.05, 0) is 59.4 Å². The molecule has 4 rings (SSSR count). The number of hydrogen-bond donors (Lipinski definition) is 2. The van der Waals surface area contributed by atoms with Crippen LogP contribution >= 0.6 is 12.4 Å². The van der Waals surface area contributed by atoms with Crippen LogP contribution in [0.25, 0.3) is 11.6 Å². The van der Waals surface area contributed by atoms with E-state index < -0.39 is 0 Å². The van der Waals surface area contributed by atoms with E-state index in [1.807, 2.05) is 18.2 Å². The second-order valence-corrected chi connectivity index (χ2v) is 8.21. The fourth-order valence-corrected chi connectivity index (χ4v) is 3.98. The van der Waals surface area contributed by atoms with Crippen LogP contribution in [0.5, 0.6) is 11.5 Å². The first kappa shape index (κ1) is 24.8. The topological polar surface area (TPSA) is 44.7 Å². The number of aryl methyl sites for hydroxylation is 1. The highest BCUT2D eigenvalue weighted by atomic mass is 35.5. The van der Waals surface area contributed by atoms with Crippen LogP contribution in [-0.4, -0.2) is 49.3 Å². The number of rotatable bonds is 9. The fraction of sp³-hybridized carbons (Fsp3) is 0.286. The average Bonchev–Trinajstić information content (AvgIpc) is 2.85. The molecule has 3 aromatic carbocycles. The van der Waals surface area contributed by atoms with Gasteiger partial charge in [-0.1, -0.05) is 60.7 Å². The van der Waals surface area contributed by atoms with Gasteiger partial charge >= 0.3 is 0 Å². The summed E-state index contributed by atoms with van der Waals surface area (Å²) in [4.78, 5) is 2.44. The van der Waals surface area contributed by atoms with Crippen LogP contribution < -0.4 is 10.1 Å². The average molecular weight is 465 g/mol. The quantitative estimate of drug-likeness (QED) is 0.423. The summed E-state index contributed by atoms with van der Waals surface area (Å²) in [7, 11) is 0. The minimum atomic E-state index is 0. The van der Waals surface area contributed by atoms with E-state index in [2.05, 4.69) is 64.8 Å². The Balaban J connectivity index is 0.00000306. The number of benzene rings is 3. The summed E-state index contributed by atoms with van der Waals surface area (Å²) in [6.07, 6.45) is 4.11. The van der Waals surface area contributed by atoms with Crippen molar-refractivity contribution >= 4 is 24.1 Å². The number of nitrogens with one attached hydrogen (secondary N) is 1. The number of phenols is 1. The molecule has 1 heterocycles.